The third-order valence-electron chi connectivity index (χ3n) is 3.71. The summed E-state index contributed by atoms with van der Waals surface area (Å²) in [6.07, 6.45) is 2.23. The number of rotatable bonds is 4. The molecule has 0 aliphatic heterocycles. The Kier molecular flexibility index (Phi) is 4.06. The van der Waals surface area contributed by atoms with E-state index in [4.69, 9.17) is 0 Å². The van der Waals surface area contributed by atoms with Crippen molar-refractivity contribution in [2.45, 2.75) is 18.9 Å². The number of carbonyl (C=O) groups excluding carboxylic acids is 1. The normalized spacial score (nSPS) is 15.5. The van der Waals surface area contributed by atoms with Crippen LogP contribution in [0, 0.1) is 11.7 Å². The Bertz CT molecular complexity index is 655. The molecule has 4 heteroatoms. The minimum Gasteiger partial charge on any atom is -0.345 e. The summed E-state index contributed by atoms with van der Waals surface area (Å²) in [5.41, 5.74) is 1.43. The van der Waals surface area contributed by atoms with Gasteiger partial charge in [0, 0.05) is 4.47 Å². The summed E-state index contributed by atoms with van der Waals surface area (Å²) in [7, 11) is 0. The second kappa shape index (κ2) is 5.98. The highest BCUT2D eigenvalue weighted by atomic mass is 79.9. The Morgan fingerprint density at radius 2 is 1.90 bits per heavy atom. The molecular weight excluding hydrogens is 333 g/mol. The minimum atomic E-state index is -0.411. The van der Waals surface area contributed by atoms with E-state index < -0.39 is 5.82 Å². The van der Waals surface area contributed by atoms with E-state index in [0.717, 1.165) is 18.4 Å². The number of amides is 1. The van der Waals surface area contributed by atoms with E-state index in [2.05, 4.69) is 21.2 Å². The number of halogens is 2. The molecule has 1 amide bonds. The first-order valence-electron chi connectivity index (χ1n) is 6.96. The van der Waals surface area contributed by atoms with E-state index in [0.29, 0.717) is 16.0 Å². The van der Waals surface area contributed by atoms with E-state index in [1.165, 1.54) is 12.1 Å². The average molecular weight is 348 g/mol. The van der Waals surface area contributed by atoms with Gasteiger partial charge in [-0.15, -0.1) is 0 Å². The topological polar surface area (TPSA) is 29.1 Å². The molecule has 1 N–H and O–H groups in total. The van der Waals surface area contributed by atoms with Gasteiger partial charge in [0.1, 0.15) is 5.82 Å². The van der Waals surface area contributed by atoms with E-state index in [-0.39, 0.29) is 11.9 Å². The van der Waals surface area contributed by atoms with Gasteiger partial charge in [-0.1, -0.05) is 30.3 Å². The first-order valence-corrected chi connectivity index (χ1v) is 7.75. The van der Waals surface area contributed by atoms with Crippen molar-refractivity contribution in [2.24, 2.45) is 5.92 Å². The first-order chi connectivity index (χ1) is 10.1. The van der Waals surface area contributed by atoms with E-state index in [1.54, 1.807) is 6.07 Å². The lowest BCUT2D eigenvalue weighted by Crippen LogP contribution is -2.30. The maximum absolute atomic E-state index is 13.3. The molecule has 21 heavy (non-hydrogen) atoms. The molecule has 1 fully saturated rings. The van der Waals surface area contributed by atoms with Crippen molar-refractivity contribution < 1.29 is 9.18 Å². The van der Waals surface area contributed by atoms with Crippen molar-refractivity contribution in [2.75, 3.05) is 0 Å². The van der Waals surface area contributed by atoms with Crippen LogP contribution in [0.5, 0.6) is 0 Å². The molecule has 1 unspecified atom stereocenters. The van der Waals surface area contributed by atoms with Crippen LogP contribution in [-0.2, 0) is 0 Å². The summed E-state index contributed by atoms with van der Waals surface area (Å²) in [6, 6.07) is 14.1. The van der Waals surface area contributed by atoms with Gasteiger partial charge in [-0.2, -0.15) is 0 Å². The molecule has 0 spiro atoms. The molecule has 2 aromatic carbocycles. The molecule has 108 valence electrons. The Labute approximate surface area is 131 Å². The van der Waals surface area contributed by atoms with Crippen molar-refractivity contribution in [1.29, 1.82) is 0 Å². The predicted molar refractivity (Wildman–Crippen MR) is 83.5 cm³/mol. The summed E-state index contributed by atoms with van der Waals surface area (Å²) in [5, 5.41) is 3.04. The second-order valence-electron chi connectivity index (χ2n) is 5.32. The highest BCUT2D eigenvalue weighted by Crippen LogP contribution is 2.41. The Morgan fingerprint density at radius 3 is 2.57 bits per heavy atom. The van der Waals surface area contributed by atoms with Crippen LogP contribution in [0.2, 0.25) is 0 Å². The lowest BCUT2D eigenvalue weighted by molar-refractivity contribution is 0.0930. The van der Waals surface area contributed by atoms with Gasteiger partial charge in [-0.25, -0.2) is 4.39 Å². The summed E-state index contributed by atoms with van der Waals surface area (Å²) in [5.74, 6) is -0.183. The molecule has 0 bridgehead atoms. The molecule has 0 saturated heterocycles. The standard InChI is InChI=1S/C17H15BrFNO/c18-15-9-8-13(19)10-14(15)17(21)20-16(12-6-7-12)11-4-2-1-3-5-11/h1-5,8-10,12,16H,6-7H2,(H,20,21). The van der Waals surface area contributed by atoms with Gasteiger partial charge in [-0.3, -0.25) is 4.79 Å². The average Bonchev–Trinajstić information content (AvgIpc) is 3.32. The van der Waals surface area contributed by atoms with Gasteiger partial charge in [0.2, 0.25) is 0 Å². The molecular formula is C17H15BrFNO. The highest BCUT2D eigenvalue weighted by molar-refractivity contribution is 9.10. The lowest BCUT2D eigenvalue weighted by atomic mass is 10.0. The largest absolute Gasteiger partial charge is 0.345 e. The minimum absolute atomic E-state index is 0.00568. The van der Waals surface area contributed by atoms with E-state index in [1.807, 2.05) is 30.3 Å². The molecule has 0 radical (unpaired) electrons. The van der Waals surface area contributed by atoms with Crippen LogP contribution in [-0.4, -0.2) is 5.91 Å². The summed E-state index contributed by atoms with van der Waals surface area (Å²) in [6.45, 7) is 0. The number of nitrogens with one attached hydrogen (secondary N) is 1. The molecule has 2 aromatic rings. The second-order valence-corrected chi connectivity index (χ2v) is 6.18. The molecule has 0 heterocycles. The monoisotopic (exact) mass is 347 g/mol. The van der Waals surface area contributed by atoms with Gasteiger partial charge in [-0.05, 0) is 58.5 Å². The van der Waals surface area contributed by atoms with Crippen molar-refractivity contribution in [3.63, 3.8) is 0 Å². The Morgan fingerprint density at radius 1 is 1.19 bits per heavy atom. The summed E-state index contributed by atoms with van der Waals surface area (Å²) >= 11 is 3.30. The molecule has 0 aromatic heterocycles. The van der Waals surface area contributed by atoms with Crippen LogP contribution in [0.3, 0.4) is 0 Å². The zero-order valence-corrected chi connectivity index (χ0v) is 12.9. The van der Waals surface area contributed by atoms with Gasteiger partial charge in [0.15, 0.2) is 0 Å². The van der Waals surface area contributed by atoms with Crippen LogP contribution < -0.4 is 5.32 Å². The first kappa shape index (κ1) is 14.3. The molecule has 1 atom stereocenters. The predicted octanol–water partition coefficient (Wildman–Crippen LogP) is 4.47. The lowest BCUT2D eigenvalue weighted by Gasteiger charge is -2.19. The van der Waals surface area contributed by atoms with E-state index >= 15 is 0 Å². The fraction of sp³-hybridized carbons (Fsp3) is 0.235. The maximum Gasteiger partial charge on any atom is 0.253 e. The van der Waals surface area contributed by atoms with Gasteiger partial charge >= 0.3 is 0 Å². The Hall–Kier alpha value is -1.68. The molecule has 2 nitrogen and oxygen atoms in total. The molecule has 1 saturated carbocycles. The maximum atomic E-state index is 13.3. The van der Waals surface area contributed by atoms with Gasteiger partial charge < -0.3 is 5.32 Å². The van der Waals surface area contributed by atoms with Crippen LogP contribution in [0.25, 0.3) is 0 Å². The smallest absolute Gasteiger partial charge is 0.253 e. The molecule has 3 rings (SSSR count). The van der Waals surface area contributed by atoms with Crippen molar-refractivity contribution in [1.82, 2.24) is 5.32 Å². The van der Waals surface area contributed by atoms with Gasteiger partial charge in [0.25, 0.3) is 5.91 Å². The van der Waals surface area contributed by atoms with Crippen molar-refractivity contribution in [3.8, 4) is 0 Å². The summed E-state index contributed by atoms with van der Waals surface area (Å²) in [4.78, 5) is 12.4. The van der Waals surface area contributed by atoms with Crippen LogP contribution in [0.4, 0.5) is 4.39 Å². The highest BCUT2D eigenvalue weighted by Gasteiger charge is 2.33. The number of hydrogen-bond acceptors (Lipinski definition) is 1. The zero-order chi connectivity index (χ0) is 14.8. The zero-order valence-electron chi connectivity index (χ0n) is 11.4. The quantitative estimate of drug-likeness (QED) is 0.868. The number of benzene rings is 2. The number of carbonyl (C=O) groups is 1. The van der Waals surface area contributed by atoms with Crippen molar-refractivity contribution in [3.05, 3.63) is 69.9 Å². The van der Waals surface area contributed by atoms with Crippen LogP contribution >= 0.6 is 15.9 Å². The van der Waals surface area contributed by atoms with Crippen molar-refractivity contribution >= 4 is 21.8 Å². The van der Waals surface area contributed by atoms with E-state index in [9.17, 15) is 9.18 Å². The van der Waals surface area contributed by atoms with Gasteiger partial charge in [0.05, 0.1) is 11.6 Å². The fourth-order valence-corrected chi connectivity index (χ4v) is 2.88. The third-order valence-corrected chi connectivity index (χ3v) is 4.40. The molecule has 1 aliphatic carbocycles. The van der Waals surface area contributed by atoms with Crippen LogP contribution in [0.1, 0.15) is 34.8 Å². The Balaban J connectivity index is 1.83. The third kappa shape index (κ3) is 3.32. The SMILES string of the molecule is O=C(NC(c1ccccc1)C1CC1)c1cc(F)ccc1Br. The fourth-order valence-electron chi connectivity index (χ4n) is 2.45. The number of hydrogen-bond donors (Lipinski definition) is 1. The molecule has 1 aliphatic rings. The van der Waals surface area contributed by atoms with Crippen LogP contribution in [0.15, 0.2) is 53.0 Å². The summed E-state index contributed by atoms with van der Waals surface area (Å²) < 4.78 is 13.9.